The van der Waals surface area contributed by atoms with Crippen LogP contribution in [0.5, 0.6) is 0 Å². The number of rotatable bonds is 1. The summed E-state index contributed by atoms with van der Waals surface area (Å²) in [7, 11) is 0. The minimum absolute atomic E-state index is 0. The topological polar surface area (TPSA) is 124 Å². The molecule has 0 atom stereocenters. The molecule has 0 aliphatic carbocycles. The Kier molecular flexibility index (Phi) is 5.12. The molecular formula is C13HF5LiN6+. The standard InChI is InChI=1S/C13HF5N6.Li/c14-12(15,13(16,17)18)11-23-9-7(3-21)5(1-19)6(2-20)8(4-22)10(9)24-11;/h(H,23,24);/q;+1. The molecule has 6 nitrogen and oxygen atoms in total. The molecule has 1 aromatic carbocycles. The van der Waals surface area contributed by atoms with Crippen molar-refractivity contribution in [1.29, 1.82) is 21.0 Å². The first-order chi connectivity index (χ1) is 11.1. The Labute approximate surface area is 147 Å². The Morgan fingerprint density at radius 3 is 1.60 bits per heavy atom. The summed E-state index contributed by atoms with van der Waals surface area (Å²) in [5, 5.41) is 36.1. The number of alkyl halides is 5. The van der Waals surface area contributed by atoms with Gasteiger partial charge in [0.05, 0.1) is 27.8 Å². The molecule has 2 rings (SSSR count). The molecule has 2 aromatic rings. The molecule has 25 heavy (non-hydrogen) atoms. The summed E-state index contributed by atoms with van der Waals surface area (Å²) in [5.41, 5.74) is -3.94. The molecule has 0 unspecified atom stereocenters. The monoisotopic (exact) mass is 343 g/mol. The summed E-state index contributed by atoms with van der Waals surface area (Å²) < 4.78 is 64.2. The SMILES string of the molecule is N#Cc1c(C#N)c(C#N)c2[nH]c(C(F)(F)C(F)(F)F)nc2c1C#N.[Li+]. The maximum atomic E-state index is 13.4. The van der Waals surface area contributed by atoms with Crippen molar-refractivity contribution in [3.8, 4) is 24.3 Å². The molecule has 1 heterocycles. The third-order valence-corrected chi connectivity index (χ3v) is 3.04. The predicted molar refractivity (Wildman–Crippen MR) is 64.9 cm³/mol. The minimum Gasteiger partial charge on any atom is -0.335 e. The Bertz CT molecular complexity index is 957. The summed E-state index contributed by atoms with van der Waals surface area (Å²) in [6.45, 7) is 0. The van der Waals surface area contributed by atoms with Gasteiger partial charge in [0.1, 0.15) is 29.8 Å². The molecule has 0 bridgehead atoms. The first-order valence-corrected chi connectivity index (χ1v) is 5.79. The van der Waals surface area contributed by atoms with Gasteiger partial charge in [-0.25, -0.2) is 4.98 Å². The molecular weight excluding hydrogens is 342 g/mol. The molecule has 0 saturated heterocycles. The Morgan fingerprint density at radius 2 is 1.20 bits per heavy atom. The summed E-state index contributed by atoms with van der Waals surface area (Å²) in [4.78, 5) is 4.70. The van der Waals surface area contributed by atoms with Gasteiger partial charge in [0.25, 0.3) is 0 Å². The maximum Gasteiger partial charge on any atom is 1.00 e. The van der Waals surface area contributed by atoms with E-state index in [0.29, 0.717) is 0 Å². The van der Waals surface area contributed by atoms with E-state index in [1.165, 1.54) is 24.3 Å². The second-order valence-corrected chi connectivity index (χ2v) is 4.33. The average Bonchev–Trinajstić information content (AvgIpc) is 2.96. The fraction of sp³-hybridized carbons (Fsp3) is 0.154. The first kappa shape index (κ1) is 19.9. The fourth-order valence-electron chi connectivity index (χ4n) is 1.96. The Morgan fingerprint density at radius 1 is 0.760 bits per heavy atom. The zero-order valence-electron chi connectivity index (χ0n) is 12.1. The van der Waals surface area contributed by atoms with Crippen molar-refractivity contribution < 1.29 is 40.8 Å². The number of H-pyrrole nitrogens is 1. The molecule has 1 N–H and O–H groups in total. The molecule has 0 aliphatic heterocycles. The van der Waals surface area contributed by atoms with Gasteiger partial charge in [-0.05, 0) is 0 Å². The van der Waals surface area contributed by atoms with Crippen molar-refractivity contribution in [1.82, 2.24) is 9.97 Å². The second-order valence-electron chi connectivity index (χ2n) is 4.33. The number of halogens is 5. The van der Waals surface area contributed by atoms with Gasteiger partial charge in [-0.15, -0.1) is 0 Å². The van der Waals surface area contributed by atoms with E-state index in [1.807, 2.05) is 0 Å². The molecule has 0 spiro atoms. The van der Waals surface area contributed by atoms with Gasteiger partial charge in [-0.2, -0.15) is 43.0 Å². The van der Waals surface area contributed by atoms with Crippen LogP contribution in [-0.2, 0) is 5.92 Å². The largest absolute Gasteiger partial charge is 1.00 e. The van der Waals surface area contributed by atoms with Crippen molar-refractivity contribution >= 4 is 11.0 Å². The summed E-state index contributed by atoms with van der Waals surface area (Å²) in [6, 6.07) is 5.77. The number of aromatic amines is 1. The van der Waals surface area contributed by atoms with Crippen LogP contribution in [-0.4, -0.2) is 16.1 Å². The quantitative estimate of drug-likeness (QED) is 0.563. The normalized spacial score (nSPS) is 10.9. The first-order valence-electron chi connectivity index (χ1n) is 5.79. The van der Waals surface area contributed by atoms with Crippen LogP contribution in [0.25, 0.3) is 11.0 Å². The smallest absolute Gasteiger partial charge is 0.335 e. The van der Waals surface area contributed by atoms with Gasteiger partial charge in [0.2, 0.25) is 0 Å². The minimum atomic E-state index is -5.98. The molecule has 118 valence electrons. The van der Waals surface area contributed by atoms with E-state index < -0.39 is 51.2 Å². The molecule has 0 amide bonds. The zero-order valence-corrected chi connectivity index (χ0v) is 12.1. The van der Waals surface area contributed by atoms with E-state index in [0.717, 1.165) is 0 Å². The van der Waals surface area contributed by atoms with Crippen LogP contribution >= 0.6 is 0 Å². The number of nitrogens with zero attached hydrogens (tertiary/aromatic N) is 5. The summed E-state index contributed by atoms with van der Waals surface area (Å²) in [5.74, 6) is -7.23. The number of nitrogens with one attached hydrogen (secondary N) is 1. The van der Waals surface area contributed by atoms with Crippen LogP contribution in [0.1, 0.15) is 28.1 Å². The number of hydrogen-bond donors (Lipinski definition) is 1. The van der Waals surface area contributed by atoms with Crippen LogP contribution in [0.4, 0.5) is 22.0 Å². The number of aromatic nitrogens is 2. The zero-order chi connectivity index (χ0) is 18.3. The van der Waals surface area contributed by atoms with Crippen molar-refractivity contribution in [2.45, 2.75) is 12.1 Å². The van der Waals surface area contributed by atoms with E-state index in [4.69, 9.17) is 21.0 Å². The van der Waals surface area contributed by atoms with Gasteiger partial charge in [0, 0.05) is 0 Å². The van der Waals surface area contributed by atoms with Gasteiger partial charge in [-0.1, -0.05) is 0 Å². The number of hydrogen-bond acceptors (Lipinski definition) is 5. The van der Waals surface area contributed by atoms with Gasteiger partial charge < -0.3 is 4.98 Å². The van der Waals surface area contributed by atoms with E-state index in [-0.39, 0.29) is 18.9 Å². The summed E-state index contributed by atoms with van der Waals surface area (Å²) >= 11 is 0. The van der Waals surface area contributed by atoms with Crippen LogP contribution in [0.2, 0.25) is 0 Å². The third kappa shape index (κ3) is 2.77. The molecule has 0 aliphatic rings. The van der Waals surface area contributed by atoms with Crippen LogP contribution in [0, 0.1) is 45.3 Å². The molecule has 1 aromatic heterocycles. The van der Waals surface area contributed by atoms with Crippen LogP contribution in [0.3, 0.4) is 0 Å². The van der Waals surface area contributed by atoms with Crippen molar-refractivity contribution in [2.75, 3.05) is 0 Å². The predicted octanol–water partition coefficient (Wildman–Crippen LogP) is -0.292. The Hall–Kier alpha value is -3.10. The van der Waals surface area contributed by atoms with E-state index in [2.05, 4.69) is 4.98 Å². The molecule has 0 radical (unpaired) electrons. The fourth-order valence-corrected chi connectivity index (χ4v) is 1.96. The number of fused-ring (bicyclic) bond motifs is 1. The van der Waals surface area contributed by atoms with Gasteiger partial charge in [-0.3, -0.25) is 0 Å². The summed E-state index contributed by atoms with van der Waals surface area (Å²) in [6.07, 6.45) is -5.98. The molecule has 0 saturated carbocycles. The number of imidazole rings is 1. The molecule has 12 heteroatoms. The van der Waals surface area contributed by atoms with E-state index in [1.54, 1.807) is 4.98 Å². The van der Waals surface area contributed by atoms with Crippen molar-refractivity contribution in [2.24, 2.45) is 0 Å². The van der Waals surface area contributed by atoms with Gasteiger partial charge in [0.15, 0.2) is 5.82 Å². The third-order valence-electron chi connectivity index (χ3n) is 3.04. The maximum absolute atomic E-state index is 13.4. The van der Waals surface area contributed by atoms with E-state index in [9.17, 15) is 22.0 Å². The van der Waals surface area contributed by atoms with Crippen molar-refractivity contribution in [3.63, 3.8) is 0 Å². The Balaban J connectivity index is 0.00000312. The molecule has 0 fully saturated rings. The van der Waals surface area contributed by atoms with Crippen LogP contribution < -0.4 is 18.9 Å². The van der Waals surface area contributed by atoms with Crippen molar-refractivity contribution in [3.05, 3.63) is 28.1 Å². The van der Waals surface area contributed by atoms with Gasteiger partial charge >= 0.3 is 31.0 Å². The second kappa shape index (κ2) is 6.42. The van der Waals surface area contributed by atoms with Crippen LogP contribution in [0.15, 0.2) is 0 Å². The number of benzene rings is 1. The number of nitriles is 4. The van der Waals surface area contributed by atoms with E-state index >= 15 is 0 Å². The average molecular weight is 343 g/mol.